The summed E-state index contributed by atoms with van der Waals surface area (Å²) in [5.74, 6) is 0. The average molecular weight is 97.6 g/mol. The molecule has 0 heterocycles. The van der Waals surface area contributed by atoms with Crippen molar-refractivity contribution in [1.82, 2.24) is 0 Å². The summed E-state index contributed by atoms with van der Waals surface area (Å²) in [5, 5.41) is 0. The molecule has 0 aliphatic heterocycles. The number of hydrogen-bond acceptors (Lipinski definition) is 0. The first-order chi connectivity index (χ1) is 1.73. The Hall–Kier alpha value is 0.640. The van der Waals surface area contributed by atoms with Gasteiger partial charge in [-0.15, -0.1) is 0 Å². The normalized spacial score (nSPS) is 9.00. The standard InChI is InChI=1S/C2H6ClS/c1-4(2)3/h1-2H3/q+1. The van der Waals surface area contributed by atoms with Gasteiger partial charge < -0.3 is 0 Å². The Morgan fingerprint density at radius 3 is 1.50 bits per heavy atom. The topological polar surface area (TPSA) is 0 Å². The molecule has 0 N–H and O–H groups in total. The van der Waals surface area contributed by atoms with Gasteiger partial charge in [0.2, 0.25) is 0 Å². The average Bonchev–Trinajstić information content (AvgIpc) is 0.811. The molecule has 4 heavy (non-hydrogen) atoms. The van der Waals surface area contributed by atoms with Crippen LogP contribution in [0.2, 0.25) is 0 Å². The van der Waals surface area contributed by atoms with Crippen molar-refractivity contribution in [3.8, 4) is 0 Å². The van der Waals surface area contributed by atoms with Crippen LogP contribution in [-0.4, -0.2) is 12.5 Å². The summed E-state index contributed by atoms with van der Waals surface area (Å²) >= 11 is 0. The molecule has 0 fully saturated rings. The third kappa shape index (κ3) is 17.3. The first-order valence-electron chi connectivity index (χ1n) is 0.971. The fourth-order valence-corrected chi connectivity index (χ4v) is 0. The lowest BCUT2D eigenvalue weighted by Crippen LogP contribution is -1.73. The predicted octanol–water partition coefficient (Wildman–Crippen LogP) is 1.02. The van der Waals surface area contributed by atoms with E-state index in [0.29, 0.717) is 0 Å². The van der Waals surface area contributed by atoms with Crippen LogP contribution >= 0.6 is 10.7 Å². The molecule has 0 saturated heterocycles. The molecule has 0 spiro atoms. The summed E-state index contributed by atoms with van der Waals surface area (Å²) in [6.45, 7) is 0. The molecule has 0 bridgehead atoms. The second-order valence-corrected chi connectivity index (χ2v) is 4.00. The fraction of sp³-hybridized carbons (Fsp3) is 1.00. The molecule has 0 aliphatic carbocycles. The third-order valence-corrected chi connectivity index (χ3v) is 0. The highest BCUT2D eigenvalue weighted by Gasteiger charge is 1.85. The van der Waals surface area contributed by atoms with Gasteiger partial charge in [-0.05, 0) is 0 Å². The third-order valence-electron chi connectivity index (χ3n) is 0. The highest BCUT2D eigenvalue weighted by molar-refractivity contribution is 8.17. The Morgan fingerprint density at radius 2 is 1.50 bits per heavy atom. The molecule has 0 atom stereocenters. The molecule has 0 aromatic carbocycles. The summed E-state index contributed by atoms with van der Waals surface area (Å²) in [5.41, 5.74) is 0. The van der Waals surface area contributed by atoms with Crippen LogP contribution in [0.25, 0.3) is 0 Å². The Kier molecular flexibility index (Phi) is 2.22. The number of halogens is 1. The Labute approximate surface area is 34.0 Å². The van der Waals surface area contributed by atoms with Crippen molar-refractivity contribution in [2.75, 3.05) is 12.5 Å². The molecule has 0 aromatic heterocycles. The first kappa shape index (κ1) is 4.64. The van der Waals surface area contributed by atoms with Crippen molar-refractivity contribution in [2.45, 2.75) is 0 Å². The van der Waals surface area contributed by atoms with Gasteiger partial charge in [-0.1, -0.05) is 0 Å². The van der Waals surface area contributed by atoms with Crippen LogP contribution in [0.3, 0.4) is 0 Å². The van der Waals surface area contributed by atoms with Crippen molar-refractivity contribution in [1.29, 1.82) is 0 Å². The SMILES string of the molecule is C[S+](C)Cl. The summed E-state index contributed by atoms with van der Waals surface area (Å²) < 4.78 is 0. The molecule has 0 amide bonds. The van der Waals surface area contributed by atoms with E-state index in [4.69, 9.17) is 10.7 Å². The molecular formula is C2H6ClS+. The fourth-order valence-electron chi connectivity index (χ4n) is 0. The summed E-state index contributed by atoms with van der Waals surface area (Å²) in [7, 11) is 5.41. The van der Waals surface area contributed by atoms with E-state index in [9.17, 15) is 0 Å². The molecule has 2 heteroatoms. The lowest BCUT2D eigenvalue weighted by Gasteiger charge is -1.62. The smallest absolute Gasteiger partial charge is 0.0945 e. The molecule has 0 aromatic rings. The Balaban J connectivity index is 2.32. The van der Waals surface area contributed by atoms with E-state index in [0.717, 1.165) is 0 Å². The highest BCUT2D eigenvalue weighted by atomic mass is 35.7. The monoisotopic (exact) mass is 97.0 g/mol. The van der Waals surface area contributed by atoms with Crippen LogP contribution in [0.5, 0.6) is 0 Å². The van der Waals surface area contributed by atoms with E-state index in [1.54, 1.807) is 0 Å². The Morgan fingerprint density at radius 1 is 1.50 bits per heavy atom. The molecule has 0 radical (unpaired) electrons. The quantitative estimate of drug-likeness (QED) is 0.396. The minimum absolute atomic E-state index is 0.111. The van der Waals surface area contributed by atoms with Crippen LogP contribution in [-0.2, 0) is 10.1 Å². The largest absolute Gasteiger partial charge is 0.175 e. The van der Waals surface area contributed by atoms with Gasteiger partial charge in [0.25, 0.3) is 0 Å². The van der Waals surface area contributed by atoms with Crippen molar-refractivity contribution in [2.24, 2.45) is 0 Å². The minimum Gasteiger partial charge on any atom is 0.0945 e. The maximum Gasteiger partial charge on any atom is 0.175 e. The minimum atomic E-state index is 0.111. The van der Waals surface area contributed by atoms with Gasteiger partial charge in [-0.3, -0.25) is 0 Å². The van der Waals surface area contributed by atoms with E-state index >= 15 is 0 Å². The first-order valence-corrected chi connectivity index (χ1v) is 3.84. The van der Waals surface area contributed by atoms with Crippen LogP contribution < -0.4 is 0 Å². The van der Waals surface area contributed by atoms with Gasteiger partial charge in [-0.25, -0.2) is 0 Å². The lowest BCUT2D eigenvalue weighted by atomic mass is 11.9. The van der Waals surface area contributed by atoms with Crippen LogP contribution in [0, 0.1) is 0 Å². The molecular weight excluding hydrogens is 91.5 g/mol. The van der Waals surface area contributed by atoms with Crippen molar-refractivity contribution >= 4 is 20.8 Å². The van der Waals surface area contributed by atoms with Gasteiger partial charge in [-0.2, -0.15) is 0 Å². The zero-order chi connectivity index (χ0) is 3.58. The maximum atomic E-state index is 5.30. The molecule has 0 aliphatic rings. The van der Waals surface area contributed by atoms with Gasteiger partial charge in [0.1, 0.15) is 12.5 Å². The van der Waals surface area contributed by atoms with Crippen molar-refractivity contribution in [3.05, 3.63) is 0 Å². The molecule has 26 valence electrons. The number of rotatable bonds is 0. The molecule has 0 unspecified atom stereocenters. The zero-order valence-corrected chi connectivity index (χ0v) is 4.36. The van der Waals surface area contributed by atoms with E-state index < -0.39 is 0 Å². The van der Waals surface area contributed by atoms with Crippen molar-refractivity contribution in [3.63, 3.8) is 0 Å². The van der Waals surface area contributed by atoms with Gasteiger partial charge >= 0.3 is 0 Å². The molecule has 0 saturated carbocycles. The van der Waals surface area contributed by atoms with Crippen LogP contribution in [0.4, 0.5) is 0 Å². The summed E-state index contributed by atoms with van der Waals surface area (Å²) in [6.07, 6.45) is 3.92. The second-order valence-electron chi connectivity index (χ2n) is 0.717. The van der Waals surface area contributed by atoms with E-state index in [-0.39, 0.29) is 10.1 Å². The van der Waals surface area contributed by atoms with Gasteiger partial charge in [0.05, 0.1) is 10.1 Å². The number of hydrogen-bond donors (Lipinski definition) is 0. The molecule has 0 nitrogen and oxygen atoms in total. The van der Waals surface area contributed by atoms with Gasteiger partial charge in [0, 0.05) is 0 Å². The van der Waals surface area contributed by atoms with E-state index in [1.807, 2.05) is 12.5 Å². The maximum absolute atomic E-state index is 5.30. The summed E-state index contributed by atoms with van der Waals surface area (Å²) in [4.78, 5) is 0. The summed E-state index contributed by atoms with van der Waals surface area (Å²) in [6, 6.07) is 0. The van der Waals surface area contributed by atoms with Crippen molar-refractivity contribution < 1.29 is 0 Å². The lowest BCUT2D eigenvalue weighted by molar-refractivity contribution is 2.33. The van der Waals surface area contributed by atoms with Gasteiger partial charge in [0.15, 0.2) is 10.7 Å². The van der Waals surface area contributed by atoms with E-state index in [1.165, 1.54) is 0 Å². The van der Waals surface area contributed by atoms with E-state index in [2.05, 4.69) is 0 Å². The van der Waals surface area contributed by atoms with Crippen LogP contribution in [0.1, 0.15) is 0 Å². The molecule has 0 rings (SSSR count). The van der Waals surface area contributed by atoms with Crippen LogP contribution in [0.15, 0.2) is 0 Å². The highest BCUT2D eigenvalue weighted by Crippen LogP contribution is 1.84. The Bertz CT molecular complexity index is 10.8. The second kappa shape index (κ2) is 1.91. The predicted molar refractivity (Wildman–Crippen MR) is 25.1 cm³/mol. The zero-order valence-electron chi connectivity index (χ0n) is 2.79.